The molecule has 1 fully saturated rings. The molecule has 1 aromatic heterocycles. The molecule has 1 aromatic carbocycles. The molecular weight excluding hydrogens is 336 g/mol. The second-order valence-electron chi connectivity index (χ2n) is 6.67. The van der Waals surface area contributed by atoms with Crippen LogP contribution >= 0.6 is 0 Å². The summed E-state index contributed by atoms with van der Waals surface area (Å²) in [5.41, 5.74) is 0.514. The molecule has 1 saturated heterocycles. The quantitative estimate of drug-likeness (QED) is 0.707. The number of aliphatic hydroxyl groups is 1. The molecule has 0 bridgehead atoms. The first kappa shape index (κ1) is 18.2. The maximum atomic E-state index is 11.9. The highest BCUT2D eigenvalue weighted by Gasteiger charge is 2.45. The third kappa shape index (κ3) is 3.95. The fraction of sp³-hybridized carbons (Fsp3) is 0.368. The molecule has 3 N–H and O–H groups in total. The number of aliphatic hydroxyl groups excluding tert-OH is 1. The zero-order valence-electron chi connectivity index (χ0n) is 14.4. The Balaban J connectivity index is 1.67. The second-order valence-corrected chi connectivity index (χ2v) is 6.67. The summed E-state index contributed by atoms with van der Waals surface area (Å²) in [6, 6.07) is 12.5. The summed E-state index contributed by atoms with van der Waals surface area (Å²) in [6.07, 6.45) is 0.234. The zero-order chi connectivity index (χ0) is 18.6. The highest BCUT2D eigenvalue weighted by Crippen LogP contribution is 2.31. The van der Waals surface area contributed by atoms with Gasteiger partial charge in [0.2, 0.25) is 5.56 Å². The standard InChI is InChI=1S/C19H22N2O5/c22-17-13-21(19(24)25,10-11-26-15-4-2-1-3-5-15)9-7-16(17)14-6-8-20-18(23)12-14/h1-6,8,12,16-17,22H,7,9-11,13H2,(H-,20,23,24,25)/p+1. The number of nitrogens with one attached hydrogen (secondary N) is 1. The minimum atomic E-state index is -0.968. The van der Waals surface area contributed by atoms with Gasteiger partial charge in [0.05, 0.1) is 6.54 Å². The Kier molecular flexibility index (Phi) is 5.39. The lowest BCUT2D eigenvalue weighted by atomic mass is 9.86. The van der Waals surface area contributed by atoms with Gasteiger partial charge in [-0.3, -0.25) is 4.79 Å². The van der Waals surface area contributed by atoms with Crippen molar-refractivity contribution in [1.29, 1.82) is 0 Å². The van der Waals surface area contributed by atoms with Crippen LogP contribution in [-0.2, 0) is 0 Å². The topological polar surface area (TPSA) is 99.6 Å². The fourth-order valence-corrected chi connectivity index (χ4v) is 3.56. The molecule has 2 heterocycles. The van der Waals surface area contributed by atoms with Crippen molar-refractivity contribution in [3.63, 3.8) is 0 Å². The van der Waals surface area contributed by atoms with Crippen molar-refractivity contribution in [2.24, 2.45) is 0 Å². The number of rotatable bonds is 5. The van der Waals surface area contributed by atoms with E-state index in [1.165, 1.54) is 6.07 Å². The molecule has 138 valence electrons. The Morgan fingerprint density at radius 2 is 2.04 bits per heavy atom. The van der Waals surface area contributed by atoms with Crippen LogP contribution < -0.4 is 10.3 Å². The number of hydrogen-bond acceptors (Lipinski definition) is 4. The van der Waals surface area contributed by atoms with Crippen LogP contribution in [-0.4, -0.2) is 58.1 Å². The van der Waals surface area contributed by atoms with Crippen molar-refractivity contribution >= 4 is 6.09 Å². The van der Waals surface area contributed by atoms with Crippen molar-refractivity contribution in [3.05, 3.63) is 64.6 Å². The minimum absolute atomic E-state index is 0.0882. The molecule has 3 unspecified atom stereocenters. The molecule has 7 nitrogen and oxygen atoms in total. The van der Waals surface area contributed by atoms with E-state index in [4.69, 9.17) is 4.74 Å². The molecular formula is C19H23N2O5+. The van der Waals surface area contributed by atoms with Crippen LogP contribution in [0.25, 0.3) is 0 Å². The van der Waals surface area contributed by atoms with Crippen LogP contribution in [0.1, 0.15) is 17.9 Å². The third-order valence-electron chi connectivity index (χ3n) is 5.03. The molecule has 0 saturated carbocycles. The maximum absolute atomic E-state index is 11.9. The van der Waals surface area contributed by atoms with Gasteiger partial charge in [0.1, 0.15) is 31.5 Å². The molecule has 1 amide bonds. The maximum Gasteiger partial charge on any atom is 0.513 e. The van der Waals surface area contributed by atoms with Crippen LogP contribution in [0, 0.1) is 0 Å². The van der Waals surface area contributed by atoms with E-state index in [1.54, 1.807) is 12.3 Å². The van der Waals surface area contributed by atoms with Gasteiger partial charge < -0.3 is 19.9 Å². The zero-order valence-corrected chi connectivity index (χ0v) is 14.4. The largest absolute Gasteiger partial charge is 0.513 e. The number of aromatic nitrogens is 1. The smallest absolute Gasteiger partial charge is 0.488 e. The number of likely N-dealkylation sites (tertiary alicyclic amines) is 1. The molecule has 2 aromatic rings. The number of ether oxygens (including phenoxy) is 1. The lowest BCUT2D eigenvalue weighted by molar-refractivity contribution is -0.866. The third-order valence-corrected chi connectivity index (χ3v) is 5.03. The number of para-hydroxylation sites is 1. The summed E-state index contributed by atoms with van der Waals surface area (Å²) in [4.78, 5) is 26.0. The normalized spacial score (nSPS) is 25.6. The van der Waals surface area contributed by atoms with Gasteiger partial charge in [-0.1, -0.05) is 18.2 Å². The Bertz CT molecular complexity index is 807. The SMILES string of the molecule is O=C(O)[N+]1(CCOc2ccccc2)CCC(c2cc[nH]c(=O)c2)C(O)C1. The van der Waals surface area contributed by atoms with Gasteiger partial charge in [0.25, 0.3) is 0 Å². The molecule has 26 heavy (non-hydrogen) atoms. The molecule has 0 spiro atoms. The number of amides is 1. The summed E-state index contributed by atoms with van der Waals surface area (Å²) in [5, 5.41) is 20.3. The lowest BCUT2D eigenvalue weighted by Gasteiger charge is -2.41. The average Bonchev–Trinajstić information content (AvgIpc) is 2.62. The fourth-order valence-electron chi connectivity index (χ4n) is 3.56. The monoisotopic (exact) mass is 359 g/mol. The van der Waals surface area contributed by atoms with E-state index in [1.807, 2.05) is 30.3 Å². The molecule has 0 radical (unpaired) electrons. The second kappa shape index (κ2) is 7.72. The van der Waals surface area contributed by atoms with Gasteiger partial charge in [-0.05, 0) is 23.8 Å². The van der Waals surface area contributed by atoms with E-state index in [9.17, 15) is 19.8 Å². The van der Waals surface area contributed by atoms with Gasteiger partial charge in [-0.2, -0.15) is 4.79 Å². The van der Waals surface area contributed by atoms with E-state index in [2.05, 4.69) is 4.98 Å². The molecule has 7 heteroatoms. The van der Waals surface area contributed by atoms with Crippen LogP contribution in [0.4, 0.5) is 4.79 Å². The first-order valence-corrected chi connectivity index (χ1v) is 8.64. The van der Waals surface area contributed by atoms with E-state index in [0.717, 1.165) is 5.56 Å². The number of quaternary nitrogens is 1. The molecule has 1 aliphatic rings. The first-order valence-electron chi connectivity index (χ1n) is 8.64. The van der Waals surface area contributed by atoms with Crippen molar-refractivity contribution in [1.82, 2.24) is 4.98 Å². The van der Waals surface area contributed by atoms with E-state index in [-0.39, 0.29) is 35.7 Å². The summed E-state index contributed by atoms with van der Waals surface area (Å²) in [5.74, 6) is 0.452. The van der Waals surface area contributed by atoms with E-state index >= 15 is 0 Å². The van der Waals surface area contributed by atoms with Gasteiger partial charge in [0, 0.05) is 24.6 Å². The highest BCUT2D eigenvalue weighted by atomic mass is 16.5. The first-order chi connectivity index (χ1) is 12.5. The van der Waals surface area contributed by atoms with Crippen molar-refractivity contribution in [3.8, 4) is 5.75 Å². The Morgan fingerprint density at radius 1 is 1.27 bits per heavy atom. The van der Waals surface area contributed by atoms with Crippen LogP contribution in [0.3, 0.4) is 0 Å². The Morgan fingerprint density at radius 3 is 2.69 bits per heavy atom. The summed E-state index contributed by atoms with van der Waals surface area (Å²) in [6.45, 7) is 0.981. The van der Waals surface area contributed by atoms with E-state index < -0.39 is 12.2 Å². The number of carboxylic acid groups (broad SMARTS) is 1. The summed E-state index contributed by atoms with van der Waals surface area (Å²) in [7, 11) is 0. The lowest BCUT2D eigenvalue weighted by Crippen LogP contribution is -2.62. The van der Waals surface area contributed by atoms with Crippen LogP contribution in [0.15, 0.2) is 53.5 Å². The predicted molar refractivity (Wildman–Crippen MR) is 95.3 cm³/mol. The molecule has 1 aliphatic heterocycles. The van der Waals surface area contributed by atoms with Crippen molar-refractivity contribution in [2.75, 3.05) is 26.2 Å². The molecule has 3 rings (SSSR count). The summed E-state index contributed by atoms with van der Waals surface area (Å²) < 4.78 is 5.40. The highest BCUT2D eigenvalue weighted by molar-refractivity contribution is 5.57. The number of nitrogens with zero attached hydrogens (tertiary/aromatic N) is 1. The number of H-pyrrole nitrogens is 1. The predicted octanol–water partition coefficient (Wildman–Crippen LogP) is 1.80. The van der Waals surface area contributed by atoms with Crippen molar-refractivity contribution < 1.29 is 24.2 Å². The van der Waals surface area contributed by atoms with Gasteiger partial charge in [0.15, 0.2) is 0 Å². The average molecular weight is 359 g/mol. The summed E-state index contributed by atoms with van der Waals surface area (Å²) >= 11 is 0. The van der Waals surface area contributed by atoms with Gasteiger partial charge >= 0.3 is 6.09 Å². The number of benzene rings is 1. The van der Waals surface area contributed by atoms with Gasteiger partial charge in [-0.15, -0.1) is 0 Å². The Hall–Kier alpha value is -2.64. The Labute approximate surface area is 151 Å². The number of piperidine rings is 1. The number of carbonyl (C=O) groups is 1. The number of hydrogen-bond donors (Lipinski definition) is 3. The van der Waals surface area contributed by atoms with Crippen LogP contribution in [0.2, 0.25) is 0 Å². The van der Waals surface area contributed by atoms with Crippen LogP contribution in [0.5, 0.6) is 5.75 Å². The number of aromatic amines is 1. The van der Waals surface area contributed by atoms with Gasteiger partial charge in [-0.25, -0.2) is 4.48 Å². The van der Waals surface area contributed by atoms with E-state index in [0.29, 0.717) is 18.7 Å². The number of pyridine rings is 1. The minimum Gasteiger partial charge on any atom is -0.488 e. The van der Waals surface area contributed by atoms with Crippen molar-refractivity contribution in [2.45, 2.75) is 18.4 Å². The molecule has 3 atom stereocenters. The molecule has 0 aliphatic carbocycles.